The average molecular weight is 275 g/mol. The molecule has 0 aliphatic rings. The number of nitrogens with two attached hydrogens (primary N) is 1. The summed E-state index contributed by atoms with van der Waals surface area (Å²) >= 11 is 0. The zero-order valence-electron chi connectivity index (χ0n) is 12.4. The van der Waals surface area contributed by atoms with Crippen molar-refractivity contribution in [2.75, 3.05) is 20.0 Å². The van der Waals surface area contributed by atoms with Gasteiger partial charge < -0.3 is 15.2 Å². The number of nitrogens with zero attached hydrogens (tertiary/aromatic N) is 2. The molecule has 5 heteroatoms. The van der Waals surface area contributed by atoms with Crippen molar-refractivity contribution in [2.24, 2.45) is 0 Å². The molecule has 20 heavy (non-hydrogen) atoms. The minimum atomic E-state index is 0.315. The van der Waals surface area contributed by atoms with Crippen LogP contribution in [0.4, 0.5) is 5.69 Å². The van der Waals surface area contributed by atoms with Crippen molar-refractivity contribution in [1.29, 1.82) is 0 Å². The van der Waals surface area contributed by atoms with Gasteiger partial charge in [-0.1, -0.05) is 6.92 Å². The Morgan fingerprint density at radius 1 is 1.30 bits per heavy atom. The van der Waals surface area contributed by atoms with Gasteiger partial charge >= 0.3 is 0 Å². The van der Waals surface area contributed by atoms with Crippen LogP contribution in [0.2, 0.25) is 0 Å². The van der Waals surface area contributed by atoms with Crippen LogP contribution in [0, 0.1) is 0 Å². The number of ether oxygens (including phenoxy) is 2. The smallest absolute Gasteiger partial charge is 0.132 e. The summed E-state index contributed by atoms with van der Waals surface area (Å²) in [5.74, 6) is 1.44. The van der Waals surface area contributed by atoms with Crippen molar-refractivity contribution in [1.82, 2.24) is 9.78 Å². The summed E-state index contributed by atoms with van der Waals surface area (Å²) in [5.41, 5.74) is 8.35. The first kappa shape index (κ1) is 14.2. The number of hydrogen-bond acceptors (Lipinski definition) is 4. The van der Waals surface area contributed by atoms with Crippen molar-refractivity contribution in [3.05, 3.63) is 24.4 Å². The summed E-state index contributed by atoms with van der Waals surface area (Å²) in [6.07, 6.45) is 2.87. The highest BCUT2D eigenvalue weighted by molar-refractivity contribution is 5.77. The molecule has 1 atom stereocenters. The van der Waals surface area contributed by atoms with Crippen molar-refractivity contribution in [2.45, 2.75) is 26.3 Å². The van der Waals surface area contributed by atoms with E-state index in [4.69, 9.17) is 15.2 Å². The fourth-order valence-electron chi connectivity index (χ4n) is 2.02. The van der Waals surface area contributed by atoms with E-state index in [1.54, 1.807) is 14.2 Å². The molecule has 0 aliphatic carbocycles. The minimum Gasteiger partial charge on any atom is -0.497 e. The molecule has 0 spiro atoms. The molecule has 0 saturated carbocycles. The summed E-state index contributed by atoms with van der Waals surface area (Å²) in [5, 5.41) is 4.59. The van der Waals surface area contributed by atoms with Gasteiger partial charge in [0.25, 0.3) is 0 Å². The van der Waals surface area contributed by atoms with Crippen LogP contribution in [0.15, 0.2) is 24.4 Å². The van der Waals surface area contributed by atoms with Crippen LogP contribution in [0.3, 0.4) is 0 Å². The Kier molecular flexibility index (Phi) is 4.17. The molecule has 0 aliphatic heterocycles. The Hall–Kier alpha value is -2.17. The number of hydrogen-bond donors (Lipinski definition) is 1. The van der Waals surface area contributed by atoms with Gasteiger partial charge in [-0.15, -0.1) is 0 Å². The molecule has 2 N–H and O–H groups in total. The largest absolute Gasteiger partial charge is 0.497 e. The lowest BCUT2D eigenvalue weighted by atomic mass is 10.1. The Morgan fingerprint density at radius 3 is 2.65 bits per heavy atom. The zero-order valence-corrected chi connectivity index (χ0v) is 12.4. The van der Waals surface area contributed by atoms with Crippen molar-refractivity contribution >= 4 is 5.69 Å². The van der Waals surface area contributed by atoms with E-state index in [9.17, 15) is 0 Å². The first-order chi connectivity index (χ1) is 9.60. The quantitative estimate of drug-likeness (QED) is 0.910. The second kappa shape index (κ2) is 5.86. The second-order valence-electron chi connectivity index (χ2n) is 4.74. The van der Waals surface area contributed by atoms with Gasteiger partial charge in [-0.2, -0.15) is 5.10 Å². The van der Waals surface area contributed by atoms with Crippen LogP contribution in [0.25, 0.3) is 11.3 Å². The Morgan fingerprint density at radius 2 is 2.05 bits per heavy atom. The second-order valence-corrected chi connectivity index (χ2v) is 4.74. The van der Waals surface area contributed by atoms with Gasteiger partial charge in [0.1, 0.15) is 17.2 Å². The number of methoxy groups -OCH3 is 2. The molecule has 1 heterocycles. The van der Waals surface area contributed by atoms with E-state index in [0.717, 1.165) is 23.4 Å². The van der Waals surface area contributed by atoms with E-state index in [0.29, 0.717) is 17.5 Å². The van der Waals surface area contributed by atoms with Crippen LogP contribution < -0.4 is 15.2 Å². The number of aromatic nitrogens is 2. The molecule has 1 aromatic carbocycles. The molecule has 1 aromatic heterocycles. The van der Waals surface area contributed by atoms with Crippen LogP contribution in [0.5, 0.6) is 11.5 Å². The van der Waals surface area contributed by atoms with E-state index in [1.165, 1.54) is 0 Å². The maximum absolute atomic E-state index is 6.09. The Bertz CT molecular complexity index is 593. The standard InChI is InChI=1S/C15H21N3O2/c1-5-10(2)18-9-13(16)15(17-18)12-7-6-11(19-3)8-14(12)20-4/h6-10H,5,16H2,1-4H3. The van der Waals surface area contributed by atoms with E-state index < -0.39 is 0 Å². The van der Waals surface area contributed by atoms with Crippen LogP contribution >= 0.6 is 0 Å². The topological polar surface area (TPSA) is 62.3 Å². The SMILES string of the molecule is CCC(C)n1cc(N)c(-c2ccc(OC)cc2OC)n1. The predicted octanol–water partition coefficient (Wildman–Crippen LogP) is 3.12. The molecule has 0 fully saturated rings. The van der Waals surface area contributed by atoms with E-state index in [-0.39, 0.29) is 0 Å². The zero-order chi connectivity index (χ0) is 14.7. The predicted molar refractivity (Wildman–Crippen MR) is 80.2 cm³/mol. The van der Waals surface area contributed by atoms with Crippen molar-refractivity contribution < 1.29 is 9.47 Å². The highest BCUT2D eigenvalue weighted by Gasteiger charge is 2.16. The Balaban J connectivity index is 2.48. The molecule has 2 aromatic rings. The third-order valence-electron chi connectivity index (χ3n) is 3.47. The number of benzene rings is 1. The maximum Gasteiger partial charge on any atom is 0.132 e. The van der Waals surface area contributed by atoms with E-state index in [2.05, 4.69) is 18.9 Å². The summed E-state index contributed by atoms with van der Waals surface area (Å²) in [6.45, 7) is 4.23. The van der Waals surface area contributed by atoms with Crippen LogP contribution in [-0.4, -0.2) is 24.0 Å². The van der Waals surface area contributed by atoms with Crippen molar-refractivity contribution in [3.8, 4) is 22.8 Å². The van der Waals surface area contributed by atoms with Crippen LogP contribution in [0.1, 0.15) is 26.3 Å². The third-order valence-corrected chi connectivity index (χ3v) is 3.47. The fraction of sp³-hybridized carbons (Fsp3) is 0.400. The van der Waals surface area contributed by atoms with Gasteiger partial charge in [0, 0.05) is 23.9 Å². The molecule has 0 amide bonds. The molecule has 5 nitrogen and oxygen atoms in total. The number of nitrogen functional groups attached to an aromatic ring is 1. The first-order valence-electron chi connectivity index (χ1n) is 6.67. The Labute approximate surface area is 119 Å². The minimum absolute atomic E-state index is 0.315. The van der Waals surface area contributed by atoms with Gasteiger partial charge in [0.2, 0.25) is 0 Å². The molecule has 0 saturated heterocycles. The van der Waals surface area contributed by atoms with E-state index in [1.807, 2.05) is 29.1 Å². The monoisotopic (exact) mass is 275 g/mol. The number of rotatable bonds is 5. The van der Waals surface area contributed by atoms with Crippen LogP contribution in [-0.2, 0) is 0 Å². The average Bonchev–Trinajstić information content (AvgIpc) is 2.87. The molecular formula is C15H21N3O2. The molecule has 1 unspecified atom stereocenters. The third kappa shape index (κ3) is 2.57. The normalized spacial score (nSPS) is 12.2. The highest BCUT2D eigenvalue weighted by Crippen LogP contribution is 2.35. The summed E-state index contributed by atoms with van der Waals surface area (Å²) in [7, 11) is 3.25. The summed E-state index contributed by atoms with van der Waals surface area (Å²) in [6, 6.07) is 5.93. The molecule has 2 rings (SSSR count). The molecule has 108 valence electrons. The maximum atomic E-state index is 6.09. The fourth-order valence-corrected chi connectivity index (χ4v) is 2.02. The molecule has 0 radical (unpaired) electrons. The lowest BCUT2D eigenvalue weighted by Gasteiger charge is -2.10. The number of anilines is 1. The lowest BCUT2D eigenvalue weighted by molar-refractivity contribution is 0.395. The molecule has 0 bridgehead atoms. The lowest BCUT2D eigenvalue weighted by Crippen LogP contribution is -2.04. The van der Waals surface area contributed by atoms with Gasteiger partial charge in [-0.3, -0.25) is 4.68 Å². The highest BCUT2D eigenvalue weighted by atomic mass is 16.5. The van der Waals surface area contributed by atoms with Gasteiger partial charge in [-0.25, -0.2) is 0 Å². The van der Waals surface area contributed by atoms with Gasteiger partial charge in [0.15, 0.2) is 0 Å². The molecular weight excluding hydrogens is 254 g/mol. The van der Waals surface area contributed by atoms with Crippen molar-refractivity contribution in [3.63, 3.8) is 0 Å². The first-order valence-corrected chi connectivity index (χ1v) is 6.67. The summed E-state index contributed by atoms with van der Waals surface area (Å²) < 4.78 is 12.5. The van der Waals surface area contributed by atoms with E-state index >= 15 is 0 Å². The van der Waals surface area contributed by atoms with Gasteiger partial charge in [-0.05, 0) is 25.5 Å². The summed E-state index contributed by atoms with van der Waals surface area (Å²) in [4.78, 5) is 0. The van der Waals surface area contributed by atoms with Gasteiger partial charge in [0.05, 0.1) is 19.9 Å².